The van der Waals surface area contributed by atoms with Gasteiger partial charge in [-0.3, -0.25) is 24.2 Å². The van der Waals surface area contributed by atoms with Gasteiger partial charge in [-0.2, -0.15) is 0 Å². The van der Waals surface area contributed by atoms with Crippen molar-refractivity contribution in [2.24, 2.45) is 0 Å². The summed E-state index contributed by atoms with van der Waals surface area (Å²) < 4.78 is 5.43. The predicted octanol–water partition coefficient (Wildman–Crippen LogP) is 1.53. The first-order valence-corrected chi connectivity index (χ1v) is 10.1. The molecule has 0 unspecified atom stereocenters. The molecule has 2 aliphatic heterocycles. The molecule has 2 aliphatic rings. The van der Waals surface area contributed by atoms with Crippen LogP contribution in [0.5, 0.6) is 0 Å². The number of imide groups is 1. The number of carbonyl (C=O) groups excluding carboxylic acids is 3. The molecule has 1 aromatic heterocycles. The van der Waals surface area contributed by atoms with E-state index in [1.165, 1.54) is 4.88 Å². The van der Waals surface area contributed by atoms with E-state index in [-0.39, 0.29) is 18.5 Å². The van der Waals surface area contributed by atoms with E-state index in [0.717, 1.165) is 18.0 Å². The molecule has 1 aromatic carbocycles. The maximum Gasteiger partial charge on any atom is 0.262 e. The number of nitrogens with zero attached hydrogens (tertiary/aromatic N) is 2. The lowest BCUT2D eigenvalue weighted by Crippen LogP contribution is -2.46. The molecule has 0 bridgehead atoms. The van der Waals surface area contributed by atoms with Crippen LogP contribution >= 0.6 is 11.3 Å². The van der Waals surface area contributed by atoms with E-state index in [9.17, 15) is 14.4 Å². The van der Waals surface area contributed by atoms with Gasteiger partial charge in [0.1, 0.15) is 6.54 Å². The van der Waals surface area contributed by atoms with Crippen molar-refractivity contribution in [3.63, 3.8) is 0 Å². The highest BCUT2D eigenvalue weighted by atomic mass is 32.1. The van der Waals surface area contributed by atoms with Gasteiger partial charge in [0, 0.05) is 24.5 Å². The van der Waals surface area contributed by atoms with Crippen LogP contribution in [0.1, 0.15) is 31.6 Å². The Morgan fingerprint density at radius 2 is 1.75 bits per heavy atom. The third-order valence-corrected chi connectivity index (χ3v) is 6.00. The molecule has 1 atom stereocenters. The van der Waals surface area contributed by atoms with Gasteiger partial charge in [-0.15, -0.1) is 11.3 Å². The monoisotopic (exact) mass is 399 g/mol. The van der Waals surface area contributed by atoms with Gasteiger partial charge in [0.25, 0.3) is 11.8 Å². The summed E-state index contributed by atoms with van der Waals surface area (Å²) in [6.45, 7) is 3.10. The van der Waals surface area contributed by atoms with Gasteiger partial charge in [0.05, 0.1) is 30.4 Å². The molecule has 7 nitrogen and oxygen atoms in total. The predicted molar refractivity (Wildman–Crippen MR) is 104 cm³/mol. The van der Waals surface area contributed by atoms with Gasteiger partial charge >= 0.3 is 0 Å². The van der Waals surface area contributed by atoms with Crippen molar-refractivity contribution in [1.29, 1.82) is 0 Å². The first-order valence-electron chi connectivity index (χ1n) is 9.22. The number of morpholine rings is 1. The van der Waals surface area contributed by atoms with E-state index in [1.54, 1.807) is 35.6 Å². The van der Waals surface area contributed by atoms with Crippen LogP contribution in [0, 0.1) is 0 Å². The first kappa shape index (κ1) is 18.8. The van der Waals surface area contributed by atoms with Crippen LogP contribution in [0.4, 0.5) is 0 Å². The fourth-order valence-corrected chi connectivity index (χ4v) is 4.43. The average Bonchev–Trinajstić information content (AvgIpc) is 3.33. The van der Waals surface area contributed by atoms with Crippen molar-refractivity contribution < 1.29 is 19.1 Å². The van der Waals surface area contributed by atoms with E-state index < -0.39 is 11.8 Å². The van der Waals surface area contributed by atoms with Crippen molar-refractivity contribution in [1.82, 2.24) is 15.1 Å². The molecule has 2 aromatic rings. The van der Waals surface area contributed by atoms with E-state index in [1.807, 2.05) is 11.4 Å². The van der Waals surface area contributed by atoms with Crippen molar-refractivity contribution in [2.75, 3.05) is 39.4 Å². The summed E-state index contributed by atoms with van der Waals surface area (Å²) in [4.78, 5) is 41.8. The van der Waals surface area contributed by atoms with Crippen LogP contribution in [0.15, 0.2) is 41.8 Å². The molecule has 1 fully saturated rings. The van der Waals surface area contributed by atoms with E-state index in [0.29, 0.717) is 30.9 Å². The summed E-state index contributed by atoms with van der Waals surface area (Å²) in [6, 6.07) is 10.7. The molecule has 4 rings (SSSR count). The third-order valence-electron chi connectivity index (χ3n) is 5.03. The van der Waals surface area contributed by atoms with Crippen LogP contribution in [0.25, 0.3) is 0 Å². The van der Waals surface area contributed by atoms with Gasteiger partial charge in [0.2, 0.25) is 5.91 Å². The molecule has 1 saturated heterocycles. The lowest BCUT2D eigenvalue weighted by Gasteiger charge is -2.34. The van der Waals surface area contributed by atoms with E-state index in [2.05, 4.69) is 16.3 Å². The van der Waals surface area contributed by atoms with Gasteiger partial charge in [-0.1, -0.05) is 18.2 Å². The standard InChI is InChI=1S/C20H21N3O4S/c24-18(13-23-19(25)14-4-1-2-5-15(14)20(23)26)21-12-16(17-6-3-11-28-17)22-7-9-27-10-8-22/h1-6,11,16H,7-10,12-13H2,(H,21,24)/t16-/m0/s1. The minimum atomic E-state index is -0.418. The second kappa shape index (κ2) is 8.22. The van der Waals surface area contributed by atoms with Crippen LogP contribution < -0.4 is 5.32 Å². The SMILES string of the molecule is O=C(CN1C(=O)c2ccccc2C1=O)NC[C@@H](c1cccs1)N1CCOCC1. The minimum absolute atomic E-state index is 0.0510. The molecule has 0 spiro atoms. The number of hydrogen-bond donors (Lipinski definition) is 1. The number of thiophene rings is 1. The summed E-state index contributed by atoms with van der Waals surface area (Å²) in [5, 5.41) is 4.92. The Hall–Kier alpha value is -2.55. The summed E-state index contributed by atoms with van der Waals surface area (Å²) in [6.07, 6.45) is 0. The molecular weight excluding hydrogens is 378 g/mol. The lowest BCUT2D eigenvalue weighted by atomic mass is 10.1. The highest BCUT2D eigenvalue weighted by Gasteiger charge is 2.36. The Bertz CT molecular complexity index is 842. The molecular formula is C20H21N3O4S. The number of amides is 3. The summed E-state index contributed by atoms with van der Waals surface area (Å²) in [5.41, 5.74) is 0.704. The highest BCUT2D eigenvalue weighted by Crippen LogP contribution is 2.26. The van der Waals surface area contributed by atoms with Crippen molar-refractivity contribution in [3.8, 4) is 0 Å². The quantitative estimate of drug-likeness (QED) is 0.746. The molecule has 0 aliphatic carbocycles. The maximum absolute atomic E-state index is 12.5. The number of rotatable bonds is 6. The minimum Gasteiger partial charge on any atom is -0.379 e. The Morgan fingerprint density at radius 3 is 2.36 bits per heavy atom. The van der Waals surface area contributed by atoms with Gasteiger partial charge in [0.15, 0.2) is 0 Å². The fraction of sp³-hybridized carbons (Fsp3) is 0.350. The smallest absolute Gasteiger partial charge is 0.262 e. The zero-order valence-electron chi connectivity index (χ0n) is 15.3. The highest BCUT2D eigenvalue weighted by molar-refractivity contribution is 7.10. The Morgan fingerprint density at radius 1 is 1.07 bits per heavy atom. The maximum atomic E-state index is 12.5. The number of benzene rings is 1. The average molecular weight is 399 g/mol. The molecule has 28 heavy (non-hydrogen) atoms. The summed E-state index contributed by atoms with van der Waals surface area (Å²) >= 11 is 1.65. The molecule has 1 N–H and O–H groups in total. The molecule has 3 amide bonds. The zero-order valence-corrected chi connectivity index (χ0v) is 16.1. The van der Waals surface area contributed by atoms with E-state index in [4.69, 9.17) is 4.74 Å². The van der Waals surface area contributed by atoms with Gasteiger partial charge in [-0.05, 0) is 23.6 Å². The molecule has 0 radical (unpaired) electrons. The number of nitrogens with one attached hydrogen (secondary N) is 1. The zero-order chi connectivity index (χ0) is 19.5. The normalized spacial score (nSPS) is 18.2. The van der Waals surface area contributed by atoms with Crippen LogP contribution in [-0.4, -0.2) is 66.9 Å². The van der Waals surface area contributed by atoms with Crippen LogP contribution in [0.3, 0.4) is 0 Å². The van der Waals surface area contributed by atoms with Crippen molar-refractivity contribution in [3.05, 3.63) is 57.8 Å². The molecule has 3 heterocycles. The number of ether oxygens (including phenoxy) is 1. The molecule has 8 heteroatoms. The molecule has 146 valence electrons. The second-order valence-corrected chi connectivity index (χ2v) is 7.70. The third kappa shape index (κ3) is 3.71. The van der Waals surface area contributed by atoms with E-state index >= 15 is 0 Å². The van der Waals surface area contributed by atoms with Gasteiger partial charge < -0.3 is 10.1 Å². The second-order valence-electron chi connectivity index (χ2n) is 6.73. The number of carbonyl (C=O) groups is 3. The Labute approximate surface area is 166 Å². The Balaban J connectivity index is 1.39. The summed E-state index contributed by atoms with van der Waals surface area (Å²) in [5.74, 6) is -1.18. The number of hydrogen-bond acceptors (Lipinski definition) is 6. The van der Waals surface area contributed by atoms with Crippen molar-refractivity contribution >= 4 is 29.1 Å². The molecule has 0 saturated carbocycles. The first-order chi connectivity index (χ1) is 13.6. The lowest BCUT2D eigenvalue weighted by molar-refractivity contribution is -0.121. The summed E-state index contributed by atoms with van der Waals surface area (Å²) in [7, 11) is 0. The topological polar surface area (TPSA) is 79.0 Å². The van der Waals surface area contributed by atoms with Gasteiger partial charge in [-0.25, -0.2) is 0 Å². The number of fused-ring (bicyclic) bond motifs is 1. The fourth-order valence-electron chi connectivity index (χ4n) is 3.57. The Kier molecular flexibility index (Phi) is 5.52. The van der Waals surface area contributed by atoms with Crippen LogP contribution in [0.2, 0.25) is 0 Å². The largest absolute Gasteiger partial charge is 0.379 e. The van der Waals surface area contributed by atoms with Crippen LogP contribution in [-0.2, 0) is 9.53 Å². The van der Waals surface area contributed by atoms with Crippen molar-refractivity contribution in [2.45, 2.75) is 6.04 Å².